The molecule has 0 fully saturated rings. The molecule has 0 radical (unpaired) electrons. The molecule has 0 saturated heterocycles. The molecule has 3 aromatic rings. The highest BCUT2D eigenvalue weighted by atomic mass is 19.2. The van der Waals surface area contributed by atoms with Gasteiger partial charge < -0.3 is 10.6 Å². The Hall–Kier alpha value is -2.77. The molecule has 21 heavy (non-hydrogen) atoms. The number of rotatable bonds is 4. The monoisotopic (exact) mass is 290 g/mol. The van der Waals surface area contributed by atoms with E-state index in [1.54, 1.807) is 13.2 Å². The molecule has 0 amide bonds. The van der Waals surface area contributed by atoms with Crippen molar-refractivity contribution in [3.63, 3.8) is 0 Å². The average Bonchev–Trinajstić information content (AvgIpc) is 2.96. The fraction of sp³-hybridized carbons (Fsp3) is 0.154. The van der Waals surface area contributed by atoms with Crippen LogP contribution in [0.2, 0.25) is 0 Å². The molecule has 0 aliphatic heterocycles. The number of fused-ring (bicyclic) bond motifs is 1. The molecule has 3 rings (SSSR count). The van der Waals surface area contributed by atoms with E-state index in [0.717, 1.165) is 17.5 Å². The Bertz CT molecular complexity index is 785. The van der Waals surface area contributed by atoms with Gasteiger partial charge in [0.05, 0.1) is 11.6 Å². The first-order valence-corrected chi connectivity index (χ1v) is 6.24. The van der Waals surface area contributed by atoms with E-state index in [0.29, 0.717) is 29.5 Å². The fourth-order valence-corrected chi connectivity index (χ4v) is 1.92. The number of nitrogens with one attached hydrogen (secondary N) is 3. The quantitative estimate of drug-likeness (QED) is 0.687. The summed E-state index contributed by atoms with van der Waals surface area (Å²) < 4.78 is 26.1. The lowest BCUT2D eigenvalue weighted by Gasteiger charge is -2.08. The van der Waals surface area contributed by atoms with Crippen LogP contribution in [-0.4, -0.2) is 27.2 Å². The predicted octanol–water partition coefficient (Wildman–Crippen LogP) is 2.28. The minimum Gasteiger partial charge on any atom is -0.365 e. The van der Waals surface area contributed by atoms with Crippen LogP contribution in [0.5, 0.6) is 0 Å². The van der Waals surface area contributed by atoms with Crippen molar-refractivity contribution in [2.75, 3.05) is 17.7 Å². The van der Waals surface area contributed by atoms with E-state index in [9.17, 15) is 8.78 Å². The maximum absolute atomic E-state index is 13.2. The van der Waals surface area contributed by atoms with Crippen molar-refractivity contribution in [3.05, 3.63) is 41.6 Å². The van der Waals surface area contributed by atoms with E-state index in [1.165, 1.54) is 6.07 Å². The Kier molecular flexibility index (Phi) is 3.35. The van der Waals surface area contributed by atoms with E-state index in [2.05, 4.69) is 30.8 Å². The van der Waals surface area contributed by atoms with Crippen LogP contribution in [0.3, 0.4) is 0 Å². The number of hydrogen-bond acceptors (Lipinski definition) is 5. The molecular formula is C13H12F2N6. The van der Waals surface area contributed by atoms with Gasteiger partial charge in [-0.2, -0.15) is 15.1 Å². The smallest absolute Gasteiger partial charge is 0.226 e. The van der Waals surface area contributed by atoms with Gasteiger partial charge in [-0.05, 0) is 17.7 Å². The predicted molar refractivity (Wildman–Crippen MR) is 74.9 cm³/mol. The van der Waals surface area contributed by atoms with Gasteiger partial charge in [0.15, 0.2) is 17.3 Å². The topological polar surface area (TPSA) is 78.5 Å². The van der Waals surface area contributed by atoms with Crippen molar-refractivity contribution in [2.24, 2.45) is 0 Å². The van der Waals surface area contributed by atoms with Gasteiger partial charge in [0, 0.05) is 13.6 Å². The molecule has 0 unspecified atom stereocenters. The Balaban J connectivity index is 1.87. The molecule has 108 valence electrons. The molecule has 1 aromatic carbocycles. The normalized spacial score (nSPS) is 10.8. The van der Waals surface area contributed by atoms with Crippen LogP contribution < -0.4 is 10.6 Å². The second kappa shape index (κ2) is 5.31. The molecule has 8 heteroatoms. The standard InChI is InChI=1S/C13H12F2N6/c1-16-13-19-11(8-6-18-21-12(8)20-13)17-5-7-2-3-9(14)10(15)4-7/h2-4,6H,5H2,1H3,(H3,16,17,18,19,20,21). The highest BCUT2D eigenvalue weighted by molar-refractivity contribution is 5.86. The lowest BCUT2D eigenvalue weighted by Crippen LogP contribution is -2.05. The van der Waals surface area contributed by atoms with Crippen molar-refractivity contribution in [3.8, 4) is 0 Å². The number of hydrogen-bond donors (Lipinski definition) is 3. The minimum atomic E-state index is -0.874. The molecule has 0 spiro atoms. The van der Waals surface area contributed by atoms with Crippen LogP contribution in [0.4, 0.5) is 20.5 Å². The first kappa shape index (κ1) is 13.2. The minimum absolute atomic E-state index is 0.303. The van der Waals surface area contributed by atoms with Crippen LogP contribution in [0, 0.1) is 11.6 Å². The third kappa shape index (κ3) is 2.60. The summed E-state index contributed by atoms with van der Waals surface area (Å²) in [4.78, 5) is 8.49. The Labute approximate surface area is 118 Å². The molecular weight excluding hydrogens is 278 g/mol. The van der Waals surface area contributed by atoms with E-state index in [4.69, 9.17) is 0 Å². The summed E-state index contributed by atoms with van der Waals surface area (Å²) in [6.07, 6.45) is 1.60. The number of aromatic nitrogens is 4. The zero-order valence-corrected chi connectivity index (χ0v) is 11.1. The largest absolute Gasteiger partial charge is 0.365 e. The summed E-state index contributed by atoms with van der Waals surface area (Å²) in [5, 5.41) is 13.3. The fourth-order valence-electron chi connectivity index (χ4n) is 1.92. The number of aromatic amines is 1. The van der Waals surface area contributed by atoms with Crippen molar-refractivity contribution < 1.29 is 8.78 Å². The summed E-state index contributed by atoms with van der Waals surface area (Å²) in [5.74, 6) is -0.751. The van der Waals surface area contributed by atoms with Gasteiger partial charge in [-0.1, -0.05) is 6.07 Å². The second-order valence-electron chi connectivity index (χ2n) is 4.38. The highest BCUT2D eigenvalue weighted by Crippen LogP contribution is 2.20. The molecule has 0 atom stereocenters. The highest BCUT2D eigenvalue weighted by Gasteiger charge is 2.09. The lowest BCUT2D eigenvalue weighted by molar-refractivity contribution is 0.507. The van der Waals surface area contributed by atoms with E-state index >= 15 is 0 Å². The van der Waals surface area contributed by atoms with Crippen LogP contribution >= 0.6 is 0 Å². The summed E-state index contributed by atoms with van der Waals surface area (Å²) >= 11 is 0. The first-order chi connectivity index (χ1) is 10.2. The van der Waals surface area contributed by atoms with Crippen molar-refractivity contribution >= 4 is 22.8 Å². The molecule has 0 saturated carbocycles. The summed E-state index contributed by atoms with van der Waals surface area (Å²) in [7, 11) is 1.71. The Morgan fingerprint density at radius 3 is 2.81 bits per heavy atom. The van der Waals surface area contributed by atoms with Crippen molar-refractivity contribution in [2.45, 2.75) is 6.54 Å². The number of benzene rings is 1. The molecule has 2 aromatic heterocycles. The number of anilines is 2. The molecule has 3 N–H and O–H groups in total. The zero-order chi connectivity index (χ0) is 14.8. The first-order valence-electron chi connectivity index (χ1n) is 6.24. The van der Waals surface area contributed by atoms with Crippen LogP contribution in [0.15, 0.2) is 24.4 Å². The molecule has 2 heterocycles. The van der Waals surface area contributed by atoms with Crippen LogP contribution in [0.1, 0.15) is 5.56 Å². The van der Waals surface area contributed by atoms with Gasteiger partial charge in [0.1, 0.15) is 5.82 Å². The summed E-state index contributed by atoms with van der Waals surface area (Å²) in [6, 6.07) is 3.76. The Morgan fingerprint density at radius 1 is 1.19 bits per heavy atom. The Morgan fingerprint density at radius 2 is 2.05 bits per heavy atom. The van der Waals surface area contributed by atoms with Crippen LogP contribution in [0.25, 0.3) is 11.0 Å². The molecule has 0 bridgehead atoms. The van der Waals surface area contributed by atoms with Crippen molar-refractivity contribution in [1.29, 1.82) is 0 Å². The third-order valence-electron chi connectivity index (χ3n) is 2.98. The van der Waals surface area contributed by atoms with Gasteiger partial charge in [-0.25, -0.2) is 8.78 Å². The van der Waals surface area contributed by atoms with Crippen molar-refractivity contribution in [1.82, 2.24) is 20.2 Å². The molecule has 0 aliphatic rings. The maximum atomic E-state index is 13.2. The van der Waals surface area contributed by atoms with E-state index in [-0.39, 0.29) is 0 Å². The van der Waals surface area contributed by atoms with Crippen LogP contribution in [-0.2, 0) is 6.54 Å². The molecule has 0 aliphatic carbocycles. The number of halogens is 2. The van der Waals surface area contributed by atoms with Gasteiger partial charge >= 0.3 is 0 Å². The third-order valence-corrected chi connectivity index (χ3v) is 2.98. The van der Waals surface area contributed by atoms with E-state index in [1.807, 2.05) is 0 Å². The number of nitrogens with zero attached hydrogens (tertiary/aromatic N) is 3. The lowest BCUT2D eigenvalue weighted by atomic mass is 10.2. The number of H-pyrrole nitrogens is 1. The van der Waals surface area contributed by atoms with Gasteiger partial charge in [-0.15, -0.1) is 0 Å². The van der Waals surface area contributed by atoms with Gasteiger partial charge in [0.2, 0.25) is 5.95 Å². The zero-order valence-electron chi connectivity index (χ0n) is 11.1. The average molecular weight is 290 g/mol. The maximum Gasteiger partial charge on any atom is 0.226 e. The SMILES string of the molecule is CNc1nc(NCc2ccc(F)c(F)c2)c2cn[nH]c2n1. The van der Waals surface area contributed by atoms with Gasteiger partial charge in [-0.3, -0.25) is 5.10 Å². The second-order valence-corrected chi connectivity index (χ2v) is 4.38. The molecule has 6 nitrogen and oxygen atoms in total. The summed E-state index contributed by atoms with van der Waals surface area (Å²) in [5.41, 5.74) is 1.19. The summed E-state index contributed by atoms with van der Waals surface area (Å²) in [6.45, 7) is 0.303. The van der Waals surface area contributed by atoms with Gasteiger partial charge in [0.25, 0.3) is 0 Å². The van der Waals surface area contributed by atoms with E-state index < -0.39 is 11.6 Å².